The molecule has 0 bridgehead atoms. The highest BCUT2D eigenvalue weighted by Crippen LogP contribution is 2.29. The lowest BCUT2D eigenvalue weighted by Gasteiger charge is -2.22. The third-order valence-corrected chi connectivity index (χ3v) is 6.94. The Kier molecular flexibility index (Phi) is 6.00. The summed E-state index contributed by atoms with van der Waals surface area (Å²) in [6.07, 6.45) is 4.68. The van der Waals surface area contributed by atoms with Crippen molar-refractivity contribution in [2.75, 3.05) is 7.11 Å². The molecule has 5 rings (SSSR count). The van der Waals surface area contributed by atoms with Crippen LogP contribution >= 0.6 is 11.3 Å². The van der Waals surface area contributed by atoms with Crippen molar-refractivity contribution in [2.24, 2.45) is 0 Å². The van der Waals surface area contributed by atoms with Crippen molar-refractivity contribution in [3.8, 4) is 5.75 Å². The van der Waals surface area contributed by atoms with Crippen LogP contribution in [-0.4, -0.2) is 37.2 Å². The molecule has 0 radical (unpaired) electrons. The summed E-state index contributed by atoms with van der Waals surface area (Å²) in [6, 6.07) is 12.2. The average Bonchev–Trinajstić information content (AvgIpc) is 3.57. The normalized spacial score (nSPS) is 14.6. The predicted octanol–water partition coefficient (Wildman–Crippen LogP) is 3.90. The van der Waals surface area contributed by atoms with Crippen molar-refractivity contribution in [1.29, 1.82) is 0 Å². The third-order valence-electron chi connectivity index (χ3n) is 6.08. The molecule has 0 spiro atoms. The summed E-state index contributed by atoms with van der Waals surface area (Å²) in [6.45, 7) is 1.81. The van der Waals surface area contributed by atoms with Crippen LogP contribution in [0.3, 0.4) is 0 Å². The molecular formula is C23H26N6O2S. The van der Waals surface area contributed by atoms with Crippen LogP contribution in [0.1, 0.15) is 48.0 Å². The average molecular weight is 451 g/mol. The number of nitrogens with one attached hydrogen (secondary N) is 1. The summed E-state index contributed by atoms with van der Waals surface area (Å²) in [5, 5.41) is 15.6. The number of hydrogen-bond donors (Lipinski definition) is 1. The van der Waals surface area contributed by atoms with E-state index in [0.29, 0.717) is 24.7 Å². The fourth-order valence-corrected chi connectivity index (χ4v) is 5.20. The SMILES string of the molecule is COc1ccc2[nH]c(=O)c(CN(Cc3cccs3)Cc3nnnn3C3CCCC3)cc2c1. The molecule has 1 saturated carbocycles. The highest BCUT2D eigenvalue weighted by Gasteiger charge is 2.23. The Bertz CT molecular complexity index is 1240. The summed E-state index contributed by atoms with van der Waals surface area (Å²) in [5.74, 6) is 1.62. The first-order chi connectivity index (χ1) is 15.7. The van der Waals surface area contributed by atoms with Gasteiger partial charge in [0.1, 0.15) is 5.75 Å². The number of fused-ring (bicyclic) bond motifs is 1. The molecule has 4 aromatic rings. The topological polar surface area (TPSA) is 88.9 Å². The van der Waals surface area contributed by atoms with E-state index in [1.54, 1.807) is 18.4 Å². The van der Waals surface area contributed by atoms with Gasteiger partial charge in [-0.3, -0.25) is 9.69 Å². The van der Waals surface area contributed by atoms with Gasteiger partial charge in [0.05, 0.1) is 19.7 Å². The predicted molar refractivity (Wildman–Crippen MR) is 124 cm³/mol. The number of H-pyrrole nitrogens is 1. The molecule has 32 heavy (non-hydrogen) atoms. The molecule has 1 aliphatic carbocycles. The van der Waals surface area contributed by atoms with E-state index in [1.807, 2.05) is 28.9 Å². The van der Waals surface area contributed by atoms with Crippen LogP contribution in [0.25, 0.3) is 10.9 Å². The molecule has 1 aromatic carbocycles. The van der Waals surface area contributed by atoms with E-state index in [1.165, 1.54) is 17.7 Å². The van der Waals surface area contributed by atoms with Crippen LogP contribution in [-0.2, 0) is 19.6 Å². The highest BCUT2D eigenvalue weighted by molar-refractivity contribution is 7.09. The number of hydrogen-bond acceptors (Lipinski definition) is 7. The largest absolute Gasteiger partial charge is 0.497 e. The second kappa shape index (κ2) is 9.22. The number of ether oxygens (including phenoxy) is 1. The van der Waals surface area contributed by atoms with Gasteiger partial charge >= 0.3 is 0 Å². The van der Waals surface area contributed by atoms with Gasteiger partial charge in [-0.25, -0.2) is 4.68 Å². The van der Waals surface area contributed by atoms with Crippen LogP contribution in [0.5, 0.6) is 5.75 Å². The molecule has 0 atom stereocenters. The number of nitrogens with zero attached hydrogens (tertiary/aromatic N) is 5. The smallest absolute Gasteiger partial charge is 0.252 e. The molecule has 3 heterocycles. The van der Waals surface area contributed by atoms with Crippen LogP contribution < -0.4 is 10.3 Å². The van der Waals surface area contributed by atoms with Gasteiger partial charge in [-0.2, -0.15) is 0 Å². The number of pyridine rings is 1. The van der Waals surface area contributed by atoms with E-state index in [0.717, 1.165) is 41.9 Å². The molecule has 1 N–H and O–H groups in total. The van der Waals surface area contributed by atoms with Crippen LogP contribution in [0.2, 0.25) is 0 Å². The van der Waals surface area contributed by atoms with Crippen LogP contribution in [0.15, 0.2) is 46.6 Å². The van der Waals surface area contributed by atoms with Crippen LogP contribution in [0, 0.1) is 0 Å². The summed E-state index contributed by atoms with van der Waals surface area (Å²) < 4.78 is 7.34. The van der Waals surface area contributed by atoms with E-state index in [-0.39, 0.29) is 5.56 Å². The molecule has 9 heteroatoms. The Morgan fingerprint density at radius 2 is 2.06 bits per heavy atom. The zero-order valence-electron chi connectivity index (χ0n) is 18.0. The lowest BCUT2D eigenvalue weighted by atomic mass is 10.1. The molecule has 1 fully saturated rings. The van der Waals surface area contributed by atoms with E-state index in [4.69, 9.17) is 4.74 Å². The number of aromatic amines is 1. The molecule has 0 amide bonds. The number of tetrazole rings is 1. The number of rotatable bonds is 8. The van der Waals surface area contributed by atoms with Gasteiger partial charge in [-0.05, 0) is 59.0 Å². The second-order valence-corrected chi connectivity index (χ2v) is 9.31. The first-order valence-corrected chi connectivity index (χ1v) is 11.8. The highest BCUT2D eigenvalue weighted by atomic mass is 32.1. The second-order valence-electron chi connectivity index (χ2n) is 8.28. The zero-order chi connectivity index (χ0) is 21.9. The van der Waals surface area contributed by atoms with Crippen molar-refractivity contribution < 1.29 is 4.74 Å². The minimum absolute atomic E-state index is 0.0748. The van der Waals surface area contributed by atoms with Gasteiger partial charge in [0.2, 0.25) is 0 Å². The van der Waals surface area contributed by atoms with Gasteiger partial charge in [-0.1, -0.05) is 18.9 Å². The molecule has 8 nitrogen and oxygen atoms in total. The Morgan fingerprint density at radius 1 is 1.19 bits per heavy atom. The molecule has 0 saturated heterocycles. The maximum absolute atomic E-state index is 12.8. The van der Waals surface area contributed by atoms with Crippen molar-refractivity contribution in [1.82, 2.24) is 30.1 Å². The van der Waals surface area contributed by atoms with Crippen molar-refractivity contribution in [3.63, 3.8) is 0 Å². The van der Waals surface area contributed by atoms with E-state index < -0.39 is 0 Å². The molecule has 1 aliphatic rings. The monoisotopic (exact) mass is 450 g/mol. The van der Waals surface area contributed by atoms with Crippen molar-refractivity contribution in [3.05, 3.63) is 68.4 Å². The minimum atomic E-state index is -0.0748. The summed E-state index contributed by atoms with van der Waals surface area (Å²) in [5.41, 5.74) is 1.44. The first-order valence-electron chi connectivity index (χ1n) is 10.9. The van der Waals surface area contributed by atoms with Gasteiger partial charge in [-0.15, -0.1) is 16.4 Å². The van der Waals surface area contributed by atoms with Crippen molar-refractivity contribution in [2.45, 2.75) is 51.4 Å². The molecule has 0 aliphatic heterocycles. The van der Waals surface area contributed by atoms with Crippen LogP contribution in [0.4, 0.5) is 0 Å². The number of aromatic nitrogens is 5. The van der Waals surface area contributed by atoms with Crippen molar-refractivity contribution >= 4 is 22.2 Å². The molecular weight excluding hydrogens is 424 g/mol. The van der Waals surface area contributed by atoms with E-state index in [2.05, 4.69) is 42.9 Å². The van der Waals surface area contributed by atoms with Gasteiger partial charge in [0.25, 0.3) is 5.56 Å². The fraction of sp³-hybridized carbons (Fsp3) is 0.391. The Balaban J connectivity index is 1.44. The van der Waals surface area contributed by atoms with E-state index >= 15 is 0 Å². The maximum Gasteiger partial charge on any atom is 0.252 e. The molecule has 3 aromatic heterocycles. The van der Waals surface area contributed by atoms with Gasteiger partial charge < -0.3 is 9.72 Å². The standard InChI is InChI=1S/C23H26N6O2S/c1-31-19-8-9-21-16(12-19)11-17(23(30)24-21)13-28(14-20-7-4-10-32-20)15-22-25-26-27-29(22)18-5-2-3-6-18/h4,7-12,18H,2-3,5-6,13-15H2,1H3,(H,24,30). The van der Waals surface area contributed by atoms with E-state index in [9.17, 15) is 4.79 Å². The Hall–Kier alpha value is -3.04. The Labute approximate surface area is 189 Å². The fourth-order valence-electron chi connectivity index (χ4n) is 4.45. The number of methoxy groups -OCH3 is 1. The third kappa shape index (κ3) is 4.44. The molecule has 166 valence electrons. The molecule has 0 unspecified atom stereocenters. The zero-order valence-corrected chi connectivity index (χ0v) is 18.8. The maximum atomic E-state index is 12.8. The Morgan fingerprint density at radius 3 is 2.84 bits per heavy atom. The minimum Gasteiger partial charge on any atom is -0.497 e. The van der Waals surface area contributed by atoms with Gasteiger partial charge in [0, 0.05) is 34.4 Å². The number of thiophene rings is 1. The summed E-state index contributed by atoms with van der Waals surface area (Å²) in [4.78, 5) is 19.3. The quantitative estimate of drug-likeness (QED) is 0.438. The summed E-state index contributed by atoms with van der Waals surface area (Å²) in [7, 11) is 1.64. The first kappa shape index (κ1) is 20.8. The number of benzene rings is 1. The summed E-state index contributed by atoms with van der Waals surface area (Å²) >= 11 is 1.71. The lowest BCUT2D eigenvalue weighted by molar-refractivity contribution is 0.234. The van der Waals surface area contributed by atoms with Gasteiger partial charge in [0.15, 0.2) is 5.82 Å². The lowest BCUT2D eigenvalue weighted by Crippen LogP contribution is -2.28.